The minimum absolute atomic E-state index is 0.261. The number of hydrogen-bond donors (Lipinski definition) is 2. The number of nitrogens with zero attached hydrogens (tertiary/aromatic N) is 1. The molecular formula is C21H21N3O3. The number of hydrogen-bond acceptors (Lipinski definition) is 3. The molecule has 0 radical (unpaired) electrons. The van der Waals surface area contributed by atoms with E-state index >= 15 is 0 Å². The van der Waals surface area contributed by atoms with Crippen LogP contribution in [0.3, 0.4) is 0 Å². The maximum Gasteiger partial charge on any atom is 0.325 e. The van der Waals surface area contributed by atoms with Crippen LogP contribution in [0.2, 0.25) is 0 Å². The second kappa shape index (κ2) is 6.87. The molecule has 138 valence electrons. The maximum atomic E-state index is 13.0. The number of benzene rings is 2. The highest BCUT2D eigenvalue weighted by molar-refractivity contribution is 6.09. The van der Waals surface area contributed by atoms with Crippen LogP contribution in [0.25, 0.3) is 0 Å². The van der Waals surface area contributed by atoms with Gasteiger partial charge in [-0.25, -0.2) is 4.79 Å². The van der Waals surface area contributed by atoms with Gasteiger partial charge in [0.05, 0.1) is 0 Å². The second-order valence-corrected chi connectivity index (χ2v) is 6.97. The Kier molecular flexibility index (Phi) is 4.39. The molecule has 2 aromatic carbocycles. The average Bonchev–Trinajstić information content (AvgIpc) is 3.16. The van der Waals surface area contributed by atoms with E-state index in [2.05, 4.69) is 10.6 Å². The Hall–Kier alpha value is -3.15. The number of urea groups is 1. The average molecular weight is 363 g/mol. The molecule has 1 aliphatic carbocycles. The molecule has 6 nitrogen and oxygen atoms in total. The summed E-state index contributed by atoms with van der Waals surface area (Å²) in [6.45, 7) is 0.198. The summed E-state index contributed by atoms with van der Waals surface area (Å²) in [4.78, 5) is 38.7. The lowest BCUT2D eigenvalue weighted by atomic mass is 9.92. The van der Waals surface area contributed by atoms with Crippen LogP contribution in [0.5, 0.6) is 0 Å². The van der Waals surface area contributed by atoms with Gasteiger partial charge in [-0.15, -0.1) is 0 Å². The molecule has 1 spiro atoms. The van der Waals surface area contributed by atoms with Crippen molar-refractivity contribution in [2.75, 3.05) is 13.1 Å². The standard InChI is InChI=1S/C21H21N3O3/c25-18(22-13-11-15-6-2-1-3-7-15)14-24-19(26)21(23-20(24)27)12-10-16-8-4-5-9-17(16)21/h1-9H,10-14H2,(H,22,25)(H,23,27)/t21-/m1/s1. The summed E-state index contributed by atoms with van der Waals surface area (Å²) >= 11 is 0. The number of carbonyl (C=O) groups excluding carboxylic acids is 3. The molecule has 0 bridgehead atoms. The van der Waals surface area contributed by atoms with Crippen LogP contribution >= 0.6 is 0 Å². The Bertz CT molecular complexity index is 897. The summed E-state index contributed by atoms with van der Waals surface area (Å²) in [5.74, 6) is -0.673. The van der Waals surface area contributed by atoms with Crippen molar-refractivity contribution in [1.29, 1.82) is 0 Å². The van der Waals surface area contributed by atoms with E-state index in [4.69, 9.17) is 0 Å². The molecule has 0 unspecified atom stereocenters. The Labute approximate surface area is 157 Å². The fourth-order valence-electron chi connectivity index (χ4n) is 3.92. The highest BCUT2D eigenvalue weighted by atomic mass is 16.2. The van der Waals surface area contributed by atoms with Crippen LogP contribution in [0.1, 0.15) is 23.1 Å². The molecule has 0 saturated carbocycles. The molecule has 2 N–H and O–H groups in total. The molecule has 2 aromatic rings. The van der Waals surface area contributed by atoms with Crippen molar-refractivity contribution in [2.45, 2.75) is 24.8 Å². The molecule has 1 aliphatic heterocycles. The zero-order chi connectivity index (χ0) is 18.9. The number of aryl methyl sites for hydroxylation is 1. The van der Waals surface area contributed by atoms with E-state index in [0.717, 1.165) is 28.0 Å². The molecule has 2 aliphatic rings. The Balaban J connectivity index is 1.39. The van der Waals surface area contributed by atoms with Crippen LogP contribution in [-0.2, 0) is 28.0 Å². The Morgan fingerprint density at radius 1 is 1.07 bits per heavy atom. The number of imide groups is 1. The van der Waals surface area contributed by atoms with Gasteiger partial charge in [-0.1, -0.05) is 54.6 Å². The summed E-state index contributed by atoms with van der Waals surface area (Å²) in [5, 5.41) is 5.61. The van der Waals surface area contributed by atoms with Crippen LogP contribution in [0.15, 0.2) is 54.6 Å². The van der Waals surface area contributed by atoms with Gasteiger partial charge >= 0.3 is 6.03 Å². The van der Waals surface area contributed by atoms with Gasteiger partial charge in [0.1, 0.15) is 12.1 Å². The van der Waals surface area contributed by atoms with E-state index in [1.165, 1.54) is 0 Å². The summed E-state index contributed by atoms with van der Waals surface area (Å²) in [7, 11) is 0. The first-order valence-electron chi connectivity index (χ1n) is 9.13. The zero-order valence-corrected chi connectivity index (χ0v) is 14.9. The predicted octanol–water partition coefficient (Wildman–Crippen LogP) is 1.74. The maximum absolute atomic E-state index is 13.0. The molecule has 1 atom stereocenters. The van der Waals surface area contributed by atoms with Crippen molar-refractivity contribution in [2.24, 2.45) is 0 Å². The monoisotopic (exact) mass is 363 g/mol. The number of amides is 4. The summed E-state index contributed by atoms with van der Waals surface area (Å²) < 4.78 is 0. The van der Waals surface area contributed by atoms with Crippen molar-refractivity contribution < 1.29 is 14.4 Å². The first kappa shape index (κ1) is 17.3. The van der Waals surface area contributed by atoms with Gasteiger partial charge in [-0.05, 0) is 36.0 Å². The Morgan fingerprint density at radius 2 is 1.81 bits per heavy atom. The third kappa shape index (κ3) is 3.07. The van der Waals surface area contributed by atoms with E-state index in [9.17, 15) is 14.4 Å². The van der Waals surface area contributed by atoms with Gasteiger partial charge < -0.3 is 10.6 Å². The SMILES string of the molecule is O=C(CN1C(=O)N[C@@]2(CCc3ccccc32)C1=O)NCCc1ccccc1. The van der Waals surface area contributed by atoms with Crippen molar-refractivity contribution in [3.63, 3.8) is 0 Å². The molecule has 27 heavy (non-hydrogen) atoms. The Morgan fingerprint density at radius 3 is 2.63 bits per heavy atom. The van der Waals surface area contributed by atoms with Gasteiger partial charge in [0, 0.05) is 6.54 Å². The van der Waals surface area contributed by atoms with E-state index in [0.29, 0.717) is 19.4 Å². The van der Waals surface area contributed by atoms with Crippen molar-refractivity contribution >= 4 is 17.8 Å². The third-order valence-electron chi connectivity index (χ3n) is 5.30. The smallest absolute Gasteiger partial charge is 0.325 e. The normalized spacial score (nSPS) is 20.7. The summed E-state index contributed by atoms with van der Waals surface area (Å²) in [6.07, 6.45) is 1.96. The first-order chi connectivity index (χ1) is 13.1. The lowest BCUT2D eigenvalue weighted by molar-refractivity contribution is -0.135. The van der Waals surface area contributed by atoms with Gasteiger partial charge in [0.25, 0.3) is 5.91 Å². The highest BCUT2D eigenvalue weighted by Crippen LogP contribution is 2.41. The van der Waals surface area contributed by atoms with E-state index in [1.807, 2.05) is 54.6 Å². The van der Waals surface area contributed by atoms with E-state index < -0.39 is 11.6 Å². The van der Waals surface area contributed by atoms with Gasteiger partial charge in [0.15, 0.2) is 0 Å². The van der Waals surface area contributed by atoms with Crippen LogP contribution in [0, 0.1) is 0 Å². The van der Waals surface area contributed by atoms with Crippen LogP contribution in [-0.4, -0.2) is 35.8 Å². The van der Waals surface area contributed by atoms with Crippen LogP contribution < -0.4 is 10.6 Å². The molecule has 0 aromatic heterocycles. The number of nitrogens with one attached hydrogen (secondary N) is 2. The first-order valence-corrected chi connectivity index (χ1v) is 9.13. The molecule has 4 amide bonds. The minimum atomic E-state index is -1.02. The van der Waals surface area contributed by atoms with Crippen molar-refractivity contribution in [1.82, 2.24) is 15.5 Å². The van der Waals surface area contributed by atoms with E-state index in [-0.39, 0.29) is 18.4 Å². The molecule has 1 fully saturated rings. The molecular weight excluding hydrogens is 342 g/mol. The minimum Gasteiger partial charge on any atom is -0.354 e. The number of rotatable bonds is 5. The van der Waals surface area contributed by atoms with Crippen LogP contribution in [0.4, 0.5) is 4.79 Å². The molecule has 4 rings (SSSR count). The number of fused-ring (bicyclic) bond motifs is 2. The highest BCUT2D eigenvalue weighted by Gasteiger charge is 2.55. The van der Waals surface area contributed by atoms with E-state index in [1.54, 1.807) is 0 Å². The van der Waals surface area contributed by atoms with Gasteiger partial charge in [0.2, 0.25) is 5.91 Å². The topological polar surface area (TPSA) is 78.5 Å². The zero-order valence-electron chi connectivity index (χ0n) is 14.9. The van der Waals surface area contributed by atoms with Crippen molar-refractivity contribution in [3.05, 3.63) is 71.3 Å². The fraction of sp³-hybridized carbons (Fsp3) is 0.286. The van der Waals surface area contributed by atoms with Crippen molar-refractivity contribution in [3.8, 4) is 0 Å². The van der Waals surface area contributed by atoms with Gasteiger partial charge in [-0.3, -0.25) is 14.5 Å². The summed E-state index contributed by atoms with van der Waals surface area (Å²) in [6, 6.07) is 17.0. The third-order valence-corrected chi connectivity index (χ3v) is 5.30. The largest absolute Gasteiger partial charge is 0.354 e. The fourth-order valence-corrected chi connectivity index (χ4v) is 3.92. The predicted molar refractivity (Wildman–Crippen MR) is 99.8 cm³/mol. The van der Waals surface area contributed by atoms with Gasteiger partial charge in [-0.2, -0.15) is 0 Å². The lowest BCUT2D eigenvalue weighted by Gasteiger charge is -2.22. The number of carbonyl (C=O) groups is 3. The molecule has 6 heteroatoms. The molecule has 1 saturated heterocycles. The summed E-state index contributed by atoms with van der Waals surface area (Å²) in [5.41, 5.74) is 2.02. The molecule has 1 heterocycles. The second-order valence-electron chi connectivity index (χ2n) is 6.97. The lowest BCUT2D eigenvalue weighted by Crippen LogP contribution is -2.44. The quantitative estimate of drug-likeness (QED) is 0.795.